The van der Waals surface area contributed by atoms with Gasteiger partial charge in [-0.05, 0) is 39.2 Å². The largest absolute Gasteiger partial charge is 0.396 e. The summed E-state index contributed by atoms with van der Waals surface area (Å²) in [7, 11) is 4.13. The van der Waals surface area contributed by atoms with Crippen LogP contribution < -0.4 is 10.2 Å². The minimum Gasteiger partial charge on any atom is -0.396 e. The Morgan fingerprint density at radius 2 is 2.05 bits per heavy atom. The summed E-state index contributed by atoms with van der Waals surface area (Å²) in [6.45, 7) is 7.46. The van der Waals surface area contributed by atoms with E-state index in [4.69, 9.17) is 5.11 Å². The summed E-state index contributed by atoms with van der Waals surface area (Å²) in [5.41, 5.74) is 2.40. The molecule has 0 radical (unpaired) electrons. The number of aryl methyl sites for hydroxylation is 2. The fraction of sp³-hybridized carbons (Fsp3) is 0.800. The summed E-state index contributed by atoms with van der Waals surface area (Å²) >= 11 is 0. The highest BCUT2D eigenvalue weighted by Crippen LogP contribution is 2.22. The third-order valence-electron chi connectivity index (χ3n) is 3.55. The fourth-order valence-electron chi connectivity index (χ4n) is 2.51. The molecule has 0 aliphatic carbocycles. The SMILES string of the molecule is CCCNCc1c(C)nn(C)c1N(C)CCCCCO. The lowest BCUT2D eigenvalue weighted by molar-refractivity contribution is 0.283. The number of hydrogen-bond acceptors (Lipinski definition) is 4. The van der Waals surface area contributed by atoms with Crippen molar-refractivity contribution in [1.82, 2.24) is 15.1 Å². The van der Waals surface area contributed by atoms with Gasteiger partial charge in [-0.3, -0.25) is 4.68 Å². The van der Waals surface area contributed by atoms with Gasteiger partial charge in [0, 0.05) is 39.4 Å². The van der Waals surface area contributed by atoms with Crippen molar-refractivity contribution in [3.8, 4) is 0 Å². The number of hydrogen-bond donors (Lipinski definition) is 2. The second-order valence-corrected chi connectivity index (χ2v) is 5.39. The maximum Gasteiger partial charge on any atom is 0.131 e. The van der Waals surface area contributed by atoms with Crippen LogP contribution >= 0.6 is 0 Å². The van der Waals surface area contributed by atoms with Crippen molar-refractivity contribution in [3.63, 3.8) is 0 Å². The van der Waals surface area contributed by atoms with Gasteiger partial charge in [-0.1, -0.05) is 6.92 Å². The summed E-state index contributed by atoms with van der Waals surface area (Å²) in [4.78, 5) is 2.28. The smallest absolute Gasteiger partial charge is 0.131 e. The first-order chi connectivity index (χ1) is 9.61. The molecule has 0 saturated heterocycles. The molecule has 0 aromatic carbocycles. The zero-order chi connectivity index (χ0) is 15.0. The van der Waals surface area contributed by atoms with Gasteiger partial charge in [0.15, 0.2) is 0 Å². The molecule has 1 rings (SSSR count). The second-order valence-electron chi connectivity index (χ2n) is 5.39. The molecule has 0 aliphatic heterocycles. The Labute approximate surface area is 123 Å². The maximum absolute atomic E-state index is 8.82. The van der Waals surface area contributed by atoms with Crippen LogP contribution in [-0.4, -0.2) is 41.6 Å². The molecule has 0 aliphatic rings. The molecule has 0 saturated carbocycles. The van der Waals surface area contributed by atoms with E-state index in [1.807, 2.05) is 11.7 Å². The molecule has 0 spiro atoms. The van der Waals surface area contributed by atoms with Gasteiger partial charge in [0.05, 0.1) is 5.69 Å². The van der Waals surface area contributed by atoms with E-state index in [1.54, 1.807) is 0 Å². The van der Waals surface area contributed by atoms with Crippen molar-refractivity contribution >= 4 is 5.82 Å². The van der Waals surface area contributed by atoms with Crippen LogP contribution in [0.1, 0.15) is 43.9 Å². The normalized spacial score (nSPS) is 11.1. The van der Waals surface area contributed by atoms with Crippen LogP contribution in [-0.2, 0) is 13.6 Å². The van der Waals surface area contributed by atoms with Gasteiger partial charge >= 0.3 is 0 Å². The van der Waals surface area contributed by atoms with Crippen molar-refractivity contribution in [2.24, 2.45) is 7.05 Å². The van der Waals surface area contributed by atoms with Gasteiger partial charge in [0.25, 0.3) is 0 Å². The van der Waals surface area contributed by atoms with Gasteiger partial charge < -0.3 is 15.3 Å². The Morgan fingerprint density at radius 3 is 2.70 bits per heavy atom. The zero-order valence-corrected chi connectivity index (χ0v) is 13.4. The van der Waals surface area contributed by atoms with Crippen LogP contribution in [0.25, 0.3) is 0 Å². The molecular weight excluding hydrogens is 252 g/mol. The molecule has 1 aromatic heterocycles. The van der Waals surface area contributed by atoms with Crippen LogP contribution in [0.3, 0.4) is 0 Å². The topological polar surface area (TPSA) is 53.3 Å². The third kappa shape index (κ3) is 4.80. The quantitative estimate of drug-likeness (QED) is 0.643. The number of rotatable bonds is 10. The molecule has 5 nitrogen and oxygen atoms in total. The lowest BCUT2D eigenvalue weighted by Crippen LogP contribution is -2.24. The molecule has 0 amide bonds. The highest BCUT2D eigenvalue weighted by atomic mass is 16.2. The van der Waals surface area contributed by atoms with E-state index in [0.717, 1.165) is 51.0 Å². The van der Waals surface area contributed by atoms with E-state index in [9.17, 15) is 0 Å². The van der Waals surface area contributed by atoms with E-state index >= 15 is 0 Å². The van der Waals surface area contributed by atoms with Crippen molar-refractivity contribution in [2.75, 3.05) is 31.6 Å². The Balaban J connectivity index is 2.66. The van der Waals surface area contributed by atoms with E-state index < -0.39 is 0 Å². The first kappa shape index (κ1) is 17.0. The Kier molecular flexibility index (Phi) is 7.62. The van der Waals surface area contributed by atoms with Crippen LogP contribution in [0.15, 0.2) is 0 Å². The number of anilines is 1. The van der Waals surface area contributed by atoms with Gasteiger partial charge in [-0.2, -0.15) is 5.10 Å². The predicted molar refractivity (Wildman–Crippen MR) is 84.1 cm³/mol. The summed E-state index contributed by atoms with van der Waals surface area (Å²) in [6, 6.07) is 0. The highest BCUT2D eigenvalue weighted by Gasteiger charge is 2.16. The molecule has 1 aromatic rings. The Morgan fingerprint density at radius 1 is 1.30 bits per heavy atom. The molecule has 1 heterocycles. The summed E-state index contributed by atoms with van der Waals surface area (Å²) in [6.07, 6.45) is 4.21. The molecule has 0 bridgehead atoms. The third-order valence-corrected chi connectivity index (χ3v) is 3.55. The van der Waals surface area contributed by atoms with Crippen molar-refractivity contribution < 1.29 is 5.11 Å². The van der Waals surface area contributed by atoms with Gasteiger partial charge in [-0.25, -0.2) is 0 Å². The number of aliphatic hydroxyl groups is 1. The number of aromatic nitrogens is 2. The summed E-state index contributed by atoms with van der Waals surface area (Å²) in [5.74, 6) is 1.20. The van der Waals surface area contributed by atoms with Crippen LogP contribution in [0.5, 0.6) is 0 Å². The first-order valence-corrected chi connectivity index (χ1v) is 7.67. The van der Waals surface area contributed by atoms with Crippen LogP contribution in [0.4, 0.5) is 5.82 Å². The molecule has 116 valence electrons. The molecule has 0 fully saturated rings. The number of unbranched alkanes of at least 4 members (excludes halogenated alkanes) is 2. The lowest BCUT2D eigenvalue weighted by atomic mass is 10.2. The highest BCUT2D eigenvalue weighted by molar-refractivity contribution is 5.49. The van der Waals surface area contributed by atoms with Crippen LogP contribution in [0.2, 0.25) is 0 Å². The van der Waals surface area contributed by atoms with Crippen molar-refractivity contribution in [1.29, 1.82) is 0 Å². The number of nitrogens with one attached hydrogen (secondary N) is 1. The van der Waals surface area contributed by atoms with Crippen molar-refractivity contribution in [2.45, 2.75) is 46.1 Å². The van der Waals surface area contributed by atoms with Gasteiger partial charge in [-0.15, -0.1) is 0 Å². The lowest BCUT2D eigenvalue weighted by Gasteiger charge is -2.21. The second kappa shape index (κ2) is 8.97. The maximum atomic E-state index is 8.82. The number of aliphatic hydroxyl groups excluding tert-OH is 1. The predicted octanol–water partition coefficient (Wildman–Crippen LogP) is 1.83. The van der Waals surface area contributed by atoms with Gasteiger partial charge in [0.1, 0.15) is 5.82 Å². The fourth-order valence-corrected chi connectivity index (χ4v) is 2.51. The Bertz CT molecular complexity index is 389. The van der Waals surface area contributed by atoms with E-state index in [0.29, 0.717) is 6.61 Å². The summed E-state index contributed by atoms with van der Waals surface area (Å²) in [5, 5.41) is 16.8. The van der Waals surface area contributed by atoms with E-state index in [-0.39, 0.29) is 0 Å². The van der Waals surface area contributed by atoms with Crippen LogP contribution in [0, 0.1) is 6.92 Å². The molecule has 5 heteroatoms. The van der Waals surface area contributed by atoms with Gasteiger partial charge in [0.2, 0.25) is 0 Å². The van der Waals surface area contributed by atoms with E-state index in [1.165, 1.54) is 11.4 Å². The standard InChI is InChI=1S/C15H30N4O/c1-5-9-16-12-14-13(2)17-19(4)15(14)18(3)10-7-6-8-11-20/h16,20H,5-12H2,1-4H3. The minimum absolute atomic E-state index is 0.292. The molecule has 2 N–H and O–H groups in total. The number of nitrogens with zero attached hydrogens (tertiary/aromatic N) is 3. The van der Waals surface area contributed by atoms with E-state index in [2.05, 4.69) is 36.2 Å². The van der Waals surface area contributed by atoms with Crippen molar-refractivity contribution in [3.05, 3.63) is 11.3 Å². The Hall–Kier alpha value is -1.07. The molecule has 0 atom stereocenters. The molecule has 0 unspecified atom stereocenters. The molecule has 20 heavy (non-hydrogen) atoms. The zero-order valence-electron chi connectivity index (χ0n) is 13.4. The first-order valence-electron chi connectivity index (χ1n) is 7.67. The molecular formula is C15H30N4O. The average Bonchev–Trinajstić information content (AvgIpc) is 2.69. The monoisotopic (exact) mass is 282 g/mol. The minimum atomic E-state index is 0.292. The summed E-state index contributed by atoms with van der Waals surface area (Å²) < 4.78 is 1.98. The average molecular weight is 282 g/mol.